The Labute approximate surface area is 126 Å². The van der Waals surface area contributed by atoms with Gasteiger partial charge in [-0.1, -0.05) is 18.2 Å². The van der Waals surface area contributed by atoms with Crippen LogP contribution < -0.4 is 0 Å². The smallest absolute Gasteiger partial charge is 0.246 e. The lowest BCUT2D eigenvalue weighted by atomic mass is 9.96. The van der Waals surface area contributed by atoms with E-state index in [9.17, 15) is 9.59 Å². The van der Waals surface area contributed by atoms with E-state index in [-0.39, 0.29) is 17.7 Å². The minimum absolute atomic E-state index is 0.00687. The predicted octanol–water partition coefficient (Wildman–Crippen LogP) is 1.22. The first-order valence-electron chi connectivity index (χ1n) is 7.67. The van der Waals surface area contributed by atoms with E-state index < -0.39 is 0 Å². The molecule has 2 aliphatic rings. The normalized spacial score (nSPS) is 24.0. The fourth-order valence-corrected chi connectivity index (χ4v) is 2.78. The second kappa shape index (κ2) is 7.98. The van der Waals surface area contributed by atoms with Crippen molar-refractivity contribution in [3.63, 3.8) is 0 Å². The van der Waals surface area contributed by atoms with Gasteiger partial charge in [-0.2, -0.15) is 0 Å². The highest BCUT2D eigenvalue weighted by molar-refractivity contribution is 5.88. The van der Waals surface area contributed by atoms with Crippen molar-refractivity contribution in [2.75, 3.05) is 39.4 Å². The molecule has 5 nitrogen and oxygen atoms in total. The topological polar surface area (TPSA) is 49.9 Å². The van der Waals surface area contributed by atoms with Gasteiger partial charge in [-0.05, 0) is 19.8 Å². The van der Waals surface area contributed by atoms with Crippen molar-refractivity contribution < 1.29 is 14.3 Å². The molecular weight excluding hydrogens is 268 g/mol. The molecule has 0 N–H and O–H groups in total. The third kappa shape index (κ3) is 4.43. The summed E-state index contributed by atoms with van der Waals surface area (Å²) in [6.07, 6.45) is 8.79. The van der Waals surface area contributed by atoms with Gasteiger partial charge >= 0.3 is 0 Å². The van der Waals surface area contributed by atoms with Gasteiger partial charge in [0.2, 0.25) is 11.8 Å². The van der Waals surface area contributed by atoms with E-state index in [2.05, 4.69) is 0 Å². The second-order valence-electron chi connectivity index (χ2n) is 5.45. The van der Waals surface area contributed by atoms with Gasteiger partial charge in [0.1, 0.15) is 0 Å². The van der Waals surface area contributed by atoms with Gasteiger partial charge in [-0.25, -0.2) is 0 Å². The van der Waals surface area contributed by atoms with Crippen LogP contribution in [0.4, 0.5) is 0 Å². The molecule has 0 aromatic rings. The zero-order valence-electron chi connectivity index (χ0n) is 12.7. The van der Waals surface area contributed by atoms with Gasteiger partial charge in [0.05, 0.1) is 19.1 Å². The molecular formula is C16H24N2O3. The van der Waals surface area contributed by atoms with Crippen LogP contribution in [0.15, 0.2) is 24.3 Å². The van der Waals surface area contributed by atoms with Gasteiger partial charge in [0.25, 0.3) is 0 Å². The number of carbonyl (C=O) groups excluding carboxylic acids is 2. The highest BCUT2D eigenvalue weighted by Crippen LogP contribution is 2.19. The molecule has 1 atom stereocenters. The largest absolute Gasteiger partial charge is 0.378 e. The lowest BCUT2D eigenvalue weighted by Gasteiger charge is -2.35. The summed E-state index contributed by atoms with van der Waals surface area (Å²) in [6, 6.07) is 0. The van der Waals surface area contributed by atoms with E-state index in [1.54, 1.807) is 17.1 Å². The molecule has 0 bridgehead atoms. The summed E-state index contributed by atoms with van der Waals surface area (Å²) < 4.78 is 5.28. The van der Waals surface area contributed by atoms with Crippen molar-refractivity contribution in [2.24, 2.45) is 5.92 Å². The Morgan fingerprint density at radius 3 is 2.57 bits per heavy atom. The number of ether oxygens (including phenoxy) is 1. The monoisotopic (exact) mass is 292 g/mol. The SMILES string of the molecule is C/C=C/C=C/C(=O)N1CCC[C@@H](C(=O)N2CCOCC2)C1. The Morgan fingerprint density at radius 1 is 1.10 bits per heavy atom. The number of rotatable bonds is 3. The number of carbonyl (C=O) groups is 2. The minimum Gasteiger partial charge on any atom is -0.378 e. The summed E-state index contributed by atoms with van der Waals surface area (Å²) in [6.45, 7) is 5.77. The molecule has 2 rings (SSSR count). The fraction of sp³-hybridized carbons (Fsp3) is 0.625. The number of likely N-dealkylation sites (tertiary alicyclic amines) is 1. The zero-order chi connectivity index (χ0) is 15.1. The van der Waals surface area contributed by atoms with Crippen molar-refractivity contribution in [3.8, 4) is 0 Å². The van der Waals surface area contributed by atoms with E-state index in [4.69, 9.17) is 4.74 Å². The van der Waals surface area contributed by atoms with E-state index in [0.29, 0.717) is 32.8 Å². The molecule has 2 saturated heterocycles. The average molecular weight is 292 g/mol. The summed E-state index contributed by atoms with van der Waals surface area (Å²) in [7, 11) is 0. The van der Waals surface area contributed by atoms with Gasteiger partial charge in [-0.15, -0.1) is 0 Å². The van der Waals surface area contributed by atoms with E-state index in [1.807, 2.05) is 24.0 Å². The summed E-state index contributed by atoms with van der Waals surface area (Å²) in [5, 5.41) is 0. The third-order valence-electron chi connectivity index (χ3n) is 3.95. The molecule has 0 radical (unpaired) electrons. The van der Waals surface area contributed by atoms with Crippen molar-refractivity contribution in [3.05, 3.63) is 24.3 Å². The molecule has 0 aromatic heterocycles. The molecule has 116 valence electrons. The van der Waals surface area contributed by atoms with E-state index in [1.165, 1.54) is 0 Å². The molecule has 5 heteroatoms. The van der Waals surface area contributed by atoms with Crippen molar-refractivity contribution in [2.45, 2.75) is 19.8 Å². The summed E-state index contributed by atoms with van der Waals surface area (Å²) in [4.78, 5) is 28.2. The first-order valence-corrected chi connectivity index (χ1v) is 7.67. The van der Waals surface area contributed by atoms with Crippen LogP contribution in [0.3, 0.4) is 0 Å². The Balaban J connectivity index is 1.90. The number of hydrogen-bond acceptors (Lipinski definition) is 3. The highest BCUT2D eigenvalue weighted by Gasteiger charge is 2.31. The van der Waals surface area contributed by atoms with Crippen LogP contribution in [0.5, 0.6) is 0 Å². The van der Waals surface area contributed by atoms with Crippen LogP contribution in [0.25, 0.3) is 0 Å². The maximum Gasteiger partial charge on any atom is 0.246 e. The Hall–Kier alpha value is -1.62. The van der Waals surface area contributed by atoms with Gasteiger partial charge in [0, 0.05) is 32.3 Å². The predicted molar refractivity (Wildman–Crippen MR) is 80.7 cm³/mol. The van der Waals surface area contributed by atoms with Crippen LogP contribution in [-0.2, 0) is 14.3 Å². The van der Waals surface area contributed by atoms with E-state index >= 15 is 0 Å². The number of piperidine rings is 1. The minimum atomic E-state index is -0.0593. The fourth-order valence-electron chi connectivity index (χ4n) is 2.78. The number of hydrogen-bond donors (Lipinski definition) is 0. The molecule has 0 aliphatic carbocycles. The molecule has 2 heterocycles. The first kappa shape index (κ1) is 15.8. The number of allylic oxidation sites excluding steroid dienone is 3. The van der Waals surface area contributed by atoms with Crippen LogP contribution in [0.2, 0.25) is 0 Å². The van der Waals surface area contributed by atoms with Crippen LogP contribution in [0.1, 0.15) is 19.8 Å². The number of nitrogens with zero attached hydrogens (tertiary/aromatic N) is 2. The second-order valence-corrected chi connectivity index (χ2v) is 5.45. The lowest BCUT2D eigenvalue weighted by molar-refractivity contribution is -0.143. The molecule has 0 unspecified atom stereocenters. The molecule has 0 aromatic carbocycles. The maximum absolute atomic E-state index is 12.5. The number of amides is 2. The zero-order valence-corrected chi connectivity index (χ0v) is 12.7. The Bertz CT molecular complexity index is 425. The Morgan fingerprint density at radius 2 is 1.86 bits per heavy atom. The van der Waals surface area contributed by atoms with Crippen LogP contribution in [-0.4, -0.2) is 61.0 Å². The standard InChI is InChI=1S/C16H24N2O3/c1-2-3-4-7-15(19)18-8-5-6-14(13-18)16(20)17-9-11-21-12-10-17/h2-4,7,14H,5-6,8-13H2,1H3/b3-2+,7-4+/t14-/m1/s1. The lowest BCUT2D eigenvalue weighted by Crippen LogP contribution is -2.49. The van der Waals surface area contributed by atoms with Crippen molar-refractivity contribution >= 4 is 11.8 Å². The third-order valence-corrected chi connectivity index (χ3v) is 3.95. The van der Waals surface area contributed by atoms with E-state index in [0.717, 1.165) is 19.4 Å². The maximum atomic E-state index is 12.5. The van der Waals surface area contributed by atoms with Gasteiger partial charge in [-0.3, -0.25) is 9.59 Å². The molecule has 0 saturated carbocycles. The molecule has 2 fully saturated rings. The quantitative estimate of drug-likeness (QED) is 0.580. The molecule has 2 aliphatic heterocycles. The summed E-state index contributed by atoms with van der Waals surface area (Å²) in [5.74, 6) is 0.108. The van der Waals surface area contributed by atoms with Crippen LogP contribution in [0, 0.1) is 5.92 Å². The molecule has 2 amide bonds. The van der Waals surface area contributed by atoms with Crippen molar-refractivity contribution in [1.29, 1.82) is 0 Å². The first-order chi connectivity index (χ1) is 10.2. The number of morpholine rings is 1. The Kier molecular flexibility index (Phi) is 5.99. The highest BCUT2D eigenvalue weighted by atomic mass is 16.5. The van der Waals surface area contributed by atoms with Crippen LogP contribution >= 0.6 is 0 Å². The molecule has 0 spiro atoms. The van der Waals surface area contributed by atoms with Gasteiger partial charge < -0.3 is 14.5 Å². The summed E-state index contributed by atoms with van der Waals surface area (Å²) >= 11 is 0. The van der Waals surface area contributed by atoms with Crippen molar-refractivity contribution in [1.82, 2.24) is 9.80 Å². The average Bonchev–Trinajstić information content (AvgIpc) is 2.55. The molecule has 21 heavy (non-hydrogen) atoms. The summed E-state index contributed by atoms with van der Waals surface area (Å²) in [5.41, 5.74) is 0. The van der Waals surface area contributed by atoms with Gasteiger partial charge in [0.15, 0.2) is 0 Å².